The van der Waals surface area contributed by atoms with E-state index in [2.05, 4.69) is 10.6 Å². The van der Waals surface area contributed by atoms with E-state index in [4.69, 9.17) is 10.8 Å². The summed E-state index contributed by atoms with van der Waals surface area (Å²) in [5.74, 6) is -1.87. The molecule has 5 N–H and O–H groups in total. The molecule has 0 saturated carbocycles. The highest BCUT2D eigenvalue weighted by atomic mass is 16.4. The Morgan fingerprint density at radius 3 is 2.70 bits per heavy atom. The van der Waals surface area contributed by atoms with Crippen molar-refractivity contribution in [3.8, 4) is 0 Å². The lowest BCUT2D eigenvalue weighted by molar-refractivity contribution is -0.137. The van der Waals surface area contributed by atoms with E-state index < -0.39 is 35.4 Å². The second kappa shape index (κ2) is 5.08. The Bertz CT molecular complexity index is 479. The molecule has 2 saturated heterocycles. The Labute approximate surface area is 114 Å². The molecule has 0 aromatic heterocycles. The number of nitrogens with one attached hydrogen (secondary N) is 2. The molecular formula is C11H16N4O5. The number of carboxylic acid groups (broad SMARTS) is 1. The van der Waals surface area contributed by atoms with Crippen molar-refractivity contribution in [2.75, 3.05) is 13.1 Å². The molecule has 0 radical (unpaired) electrons. The van der Waals surface area contributed by atoms with Gasteiger partial charge in [-0.2, -0.15) is 0 Å². The molecule has 2 atom stereocenters. The quantitative estimate of drug-likeness (QED) is 0.439. The number of carbonyl (C=O) groups is 4. The standard InChI is InChI=1S/C11H16N4O5/c12-6(1-2-7(16)17)8(18)15-4-3-11(5-15)9(19)13-10(20)14-11/h6H,1-5,12H2,(H,16,17)(H2,13,14,19,20). The van der Waals surface area contributed by atoms with Gasteiger partial charge in [0.15, 0.2) is 0 Å². The molecule has 9 heteroatoms. The molecule has 1 spiro atoms. The van der Waals surface area contributed by atoms with Crippen LogP contribution in [0, 0.1) is 0 Å². The smallest absolute Gasteiger partial charge is 0.322 e. The molecule has 2 heterocycles. The van der Waals surface area contributed by atoms with Crippen molar-refractivity contribution >= 4 is 23.8 Å². The van der Waals surface area contributed by atoms with Crippen LogP contribution in [0.3, 0.4) is 0 Å². The van der Waals surface area contributed by atoms with E-state index in [1.54, 1.807) is 0 Å². The van der Waals surface area contributed by atoms with Gasteiger partial charge in [-0.15, -0.1) is 0 Å². The zero-order valence-corrected chi connectivity index (χ0v) is 10.7. The fourth-order valence-electron chi connectivity index (χ4n) is 2.45. The SMILES string of the molecule is NC(CCC(=O)O)C(=O)N1CCC2(C1)NC(=O)NC2=O. The predicted molar refractivity (Wildman–Crippen MR) is 65.4 cm³/mol. The fourth-order valence-corrected chi connectivity index (χ4v) is 2.45. The summed E-state index contributed by atoms with van der Waals surface area (Å²) >= 11 is 0. The number of nitrogens with two attached hydrogens (primary N) is 1. The van der Waals surface area contributed by atoms with Gasteiger partial charge in [-0.3, -0.25) is 19.7 Å². The summed E-state index contributed by atoms with van der Waals surface area (Å²) < 4.78 is 0. The first-order chi connectivity index (χ1) is 9.34. The topological polar surface area (TPSA) is 142 Å². The number of nitrogens with zero attached hydrogens (tertiary/aromatic N) is 1. The second-order valence-electron chi connectivity index (χ2n) is 5.04. The van der Waals surface area contributed by atoms with Crippen LogP contribution in [0.5, 0.6) is 0 Å². The molecule has 110 valence electrons. The molecule has 2 aliphatic heterocycles. The summed E-state index contributed by atoms with van der Waals surface area (Å²) in [4.78, 5) is 46.8. The molecule has 2 unspecified atom stereocenters. The van der Waals surface area contributed by atoms with Crippen LogP contribution in [0.4, 0.5) is 4.79 Å². The van der Waals surface area contributed by atoms with E-state index in [1.807, 2.05) is 0 Å². The molecule has 9 nitrogen and oxygen atoms in total. The van der Waals surface area contributed by atoms with Gasteiger partial charge in [0.1, 0.15) is 5.54 Å². The lowest BCUT2D eigenvalue weighted by Gasteiger charge is -2.23. The van der Waals surface area contributed by atoms with Gasteiger partial charge in [-0.25, -0.2) is 4.79 Å². The average molecular weight is 284 g/mol. The largest absolute Gasteiger partial charge is 0.481 e. The summed E-state index contributed by atoms with van der Waals surface area (Å²) in [5, 5.41) is 13.2. The maximum Gasteiger partial charge on any atom is 0.322 e. The van der Waals surface area contributed by atoms with Gasteiger partial charge in [-0.1, -0.05) is 0 Å². The van der Waals surface area contributed by atoms with E-state index in [0.29, 0.717) is 13.0 Å². The molecule has 2 aliphatic rings. The molecule has 20 heavy (non-hydrogen) atoms. The Morgan fingerprint density at radius 2 is 2.15 bits per heavy atom. The van der Waals surface area contributed by atoms with Crippen molar-refractivity contribution in [1.82, 2.24) is 15.5 Å². The molecule has 4 amide bonds. The monoisotopic (exact) mass is 284 g/mol. The number of hydrogen-bond donors (Lipinski definition) is 4. The Hall–Kier alpha value is -2.16. The fraction of sp³-hybridized carbons (Fsp3) is 0.636. The zero-order valence-electron chi connectivity index (χ0n) is 10.7. The Kier molecular flexibility index (Phi) is 3.62. The minimum absolute atomic E-state index is 0.0379. The number of urea groups is 1. The van der Waals surface area contributed by atoms with Crippen LogP contribution < -0.4 is 16.4 Å². The van der Waals surface area contributed by atoms with Gasteiger partial charge in [0, 0.05) is 13.0 Å². The van der Waals surface area contributed by atoms with Crippen molar-refractivity contribution in [3.63, 3.8) is 0 Å². The predicted octanol–water partition coefficient (Wildman–Crippen LogP) is -2.01. The maximum absolute atomic E-state index is 12.0. The maximum atomic E-state index is 12.0. The summed E-state index contributed by atoms with van der Waals surface area (Å²) in [7, 11) is 0. The first-order valence-electron chi connectivity index (χ1n) is 6.24. The molecule has 0 aromatic rings. The number of hydrogen-bond acceptors (Lipinski definition) is 5. The molecule has 0 aromatic carbocycles. The molecule has 2 rings (SSSR count). The Balaban J connectivity index is 1.95. The number of carboxylic acids is 1. The molecule has 2 fully saturated rings. The molecule has 0 bridgehead atoms. The summed E-state index contributed by atoms with van der Waals surface area (Å²) in [6.45, 7) is 0.359. The van der Waals surface area contributed by atoms with Crippen LogP contribution in [-0.4, -0.2) is 58.5 Å². The van der Waals surface area contributed by atoms with E-state index in [0.717, 1.165) is 0 Å². The normalized spacial score (nSPS) is 26.6. The minimum Gasteiger partial charge on any atom is -0.481 e. The van der Waals surface area contributed by atoms with Crippen molar-refractivity contribution in [1.29, 1.82) is 0 Å². The molecule has 0 aliphatic carbocycles. The number of imide groups is 1. The van der Waals surface area contributed by atoms with Crippen LogP contribution in [0.15, 0.2) is 0 Å². The summed E-state index contributed by atoms with van der Waals surface area (Å²) in [6, 6.07) is -1.49. The third kappa shape index (κ3) is 2.57. The summed E-state index contributed by atoms with van der Waals surface area (Å²) in [5.41, 5.74) is 4.58. The van der Waals surface area contributed by atoms with Gasteiger partial charge in [0.25, 0.3) is 5.91 Å². The first-order valence-corrected chi connectivity index (χ1v) is 6.24. The van der Waals surface area contributed by atoms with E-state index in [-0.39, 0.29) is 19.4 Å². The van der Waals surface area contributed by atoms with Gasteiger partial charge in [0.2, 0.25) is 5.91 Å². The minimum atomic E-state index is -1.07. The van der Waals surface area contributed by atoms with E-state index in [1.165, 1.54) is 4.90 Å². The van der Waals surface area contributed by atoms with Crippen LogP contribution in [0.25, 0.3) is 0 Å². The van der Waals surface area contributed by atoms with Gasteiger partial charge in [0.05, 0.1) is 12.6 Å². The van der Waals surface area contributed by atoms with Crippen molar-refractivity contribution in [2.24, 2.45) is 5.73 Å². The van der Waals surface area contributed by atoms with Crippen molar-refractivity contribution in [2.45, 2.75) is 30.8 Å². The van der Waals surface area contributed by atoms with Gasteiger partial charge < -0.3 is 21.1 Å². The second-order valence-corrected chi connectivity index (χ2v) is 5.04. The first kappa shape index (κ1) is 14.3. The lowest BCUT2D eigenvalue weighted by atomic mass is 9.99. The van der Waals surface area contributed by atoms with E-state index >= 15 is 0 Å². The highest BCUT2D eigenvalue weighted by molar-refractivity contribution is 6.07. The zero-order chi connectivity index (χ0) is 14.9. The number of likely N-dealkylation sites (tertiary alicyclic amines) is 1. The van der Waals surface area contributed by atoms with Crippen LogP contribution in [-0.2, 0) is 14.4 Å². The summed E-state index contributed by atoms with van der Waals surface area (Å²) in [6.07, 6.45) is 0.168. The van der Waals surface area contributed by atoms with Crippen LogP contribution in [0.1, 0.15) is 19.3 Å². The highest BCUT2D eigenvalue weighted by Gasteiger charge is 2.51. The van der Waals surface area contributed by atoms with Crippen LogP contribution in [0.2, 0.25) is 0 Å². The Morgan fingerprint density at radius 1 is 1.45 bits per heavy atom. The lowest BCUT2D eigenvalue weighted by Crippen LogP contribution is -2.51. The number of rotatable bonds is 4. The number of aliphatic carboxylic acids is 1. The highest BCUT2D eigenvalue weighted by Crippen LogP contribution is 2.25. The van der Waals surface area contributed by atoms with Crippen LogP contribution >= 0.6 is 0 Å². The average Bonchev–Trinajstić information content (AvgIpc) is 2.91. The molecular weight excluding hydrogens is 268 g/mol. The number of amides is 4. The third-order valence-electron chi connectivity index (χ3n) is 3.58. The van der Waals surface area contributed by atoms with Crippen molar-refractivity contribution < 1.29 is 24.3 Å². The third-order valence-corrected chi connectivity index (χ3v) is 3.58. The van der Waals surface area contributed by atoms with Gasteiger partial charge in [-0.05, 0) is 12.8 Å². The number of carbonyl (C=O) groups excluding carboxylic acids is 3. The van der Waals surface area contributed by atoms with Gasteiger partial charge >= 0.3 is 12.0 Å². The van der Waals surface area contributed by atoms with Crippen molar-refractivity contribution in [3.05, 3.63) is 0 Å². The van der Waals surface area contributed by atoms with E-state index in [9.17, 15) is 19.2 Å².